The predicted octanol–water partition coefficient (Wildman–Crippen LogP) is 4.56. The number of benzene rings is 1. The topological polar surface area (TPSA) is 58.4 Å². The van der Waals surface area contributed by atoms with Crippen LogP contribution in [0.2, 0.25) is 0 Å². The molecule has 5 nitrogen and oxygen atoms in total. The van der Waals surface area contributed by atoms with E-state index >= 15 is 0 Å². The second-order valence-corrected chi connectivity index (χ2v) is 7.92. The van der Waals surface area contributed by atoms with Crippen LogP contribution in [-0.2, 0) is 0 Å². The van der Waals surface area contributed by atoms with Gasteiger partial charge in [0.05, 0.1) is 11.3 Å². The Hall–Kier alpha value is -2.67. The van der Waals surface area contributed by atoms with E-state index in [2.05, 4.69) is 10.2 Å². The van der Waals surface area contributed by atoms with E-state index in [4.69, 9.17) is 9.40 Å². The van der Waals surface area contributed by atoms with Gasteiger partial charge >= 0.3 is 0 Å². The molecule has 1 amide bonds. The molecule has 0 radical (unpaired) electrons. The van der Waals surface area contributed by atoms with Crippen molar-refractivity contribution in [1.82, 2.24) is 10.3 Å². The summed E-state index contributed by atoms with van der Waals surface area (Å²) in [7, 11) is 0. The first-order chi connectivity index (χ1) is 13.5. The Morgan fingerprint density at radius 3 is 2.61 bits per heavy atom. The highest BCUT2D eigenvalue weighted by atomic mass is 32.1. The van der Waals surface area contributed by atoms with E-state index in [1.165, 1.54) is 12.1 Å². The SMILES string of the molecule is Cc1cc(C(=O)NC2CCN(c3nc(-c4ccc(F)cc4)cs3)CC2)c(C)o1. The average Bonchev–Trinajstić information content (AvgIpc) is 3.29. The van der Waals surface area contributed by atoms with Crippen molar-refractivity contribution in [2.24, 2.45) is 0 Å². The van der Waals surface area contributed by atoms with Gasteiger partial charge in [-0.1, -0.05) is 0 Å². The number of carbonyl (C=O) groups is 1. The number of furan rings is 1. The highest BCUT2D eigenvalue weighted by molar-refractivity contribution is 7.14. The fourth-order valence-electron chi connectivity index (χ4n) is 3.50. The first-order valence-corrected chi connectivity index (χ1v) is 10.2. The predicted molar refractivity (Wildman–Crippen MR) is 108 cm³/mol. The van der Waals surface area contributed by atoms with Gasteiger partial charge in [0.25, 0.3) is 5.91 Å². The number of aromatic nitrogens is 1. The Morgan fingerprint density at radius 2 is 1.96 bits per heavy atom. The first kappa shape index (κ1) is 18.7. The minimum absolute atomic E-state index is 0.0688. The zero-order chi connectivity index (χ0) is 19.7. The van der Waals surface area contributed by atoms with Crippen LogP contribution in [0.1, 0.15) is 34.7 Å². The van der Waals surface area contributed by atoms with Crippen molar-refractivity contribution < 1.29 is 13.6 Å². The number of carbonyl (C=O) groups excluding carboxylic acids is 1. The van der Waals surface area contributed by atoms with E-state index in [0.717, 1.165) is 48.1 Å². The van der Waals surface area contributed by atoms with Crippen LogP contribution >= 0.6 is 11.3 Å². The number of nitrogens with zero attached hydrogens (tertiary/aromatic N) is 2. The van der Waals surface area contributed by atoms with Crippen LogP contribution in [0.15, 0.2) is 40.1 Å². The molecular weight excluding hydrogens is 377 g/mol. The Bertz CT molecular complexity index is 972. The van der Waals surface area contributed by atoms with Gasteiger partial charge in [0.15, 0.2) is 5.13 Å². The summed E-state index contributed by atoms with van der Waals surface area (Å²) in [5.41, 5.74) is 2.39. The number of halogens is 1. The van der Waals surface area contributed by atoms with E-state index < -0.39 is 0 Å². The molecule has 0 unspecified atom stereocenters. The van der Waals surface area contributed by atoms with Gasteiger partial charge in [-0.05, 0) is 57.0 Å². The molecule has 0 bridgehead atoms. The number of thiazole rings is 1. The molecule has 1 aromatic carbocycles. The zero-order valence-electron chi connectivity index (χ0n) is 15.9. The van der Waals surface area contributed by atoms with Crippen LogP contribution in [-0.4, -0.2) is 30.0 Å². The monoisotopic (exact) mass is 399 g/mol. The van der Waals surface area contributed by atoms with Crippen molar-refractivity contribution in [3.05, 3.63) is 58.6 Å². The third-order valence-corrected chi connectivity index (χ3v) is 5.92. The minimum Gasteiger partial charge on any atom is -0.466 e. The lowest BCUT2D eigenvalue weighted by Crippen LogP contribution is -2.44. The summed E-state index contributed by atoms with van der Waals surface area (Å²) < 4.78 is 18.5. The Kier molecular flexibility index (Phi) is 5.17. The summed E-state index contributed by atoms with van der Waals surface area (Å²) in [6, 6.07) is 8.32. The maximum absolute atomic E-state index is 13.1. The maximum Gasteiger partial charge on any atom is 0.255 e. The van der Waals surface area contributed by atoms with E-state index in [1.807, 2.05) is 19.2 Å². The number of piperidine rings is 1. The molecule has 1 aliphatic heterocycles. The fraction of sp³-hybridized carbons (Fsp3) is 0.333. The molecule has 1 aliphatic rings. The number of amides is 1. The van der Waals surface area contributed by atoms with Crippen molar-refractivity contribution in [2.45, 2.75) is 32.7 Å². The molecule has 0 atom stereocenters. The second-order valence-electron chi connectivity index (χ2n) is 7.08. The molecule has 3 heterocycles. The van der Waals surface area contributed by atoms with Crippen LogP contribution in [0.5, 0.6) is 0 Å². The Labute approximate surface area is 167 Å². The van der Waals surface area contributed by atoms with Crippen LogP contribution in [0.3, 0.4) is 0 Å². The summed E-state index contributed by atoms with van der Waals surface area (Å²) in [4.78, 5) is 19.4. The normalized spacial score (nSPS) is 15.0. The number of nitrogens with one attached hydrogen (secondary N) is 1. The summed E-state index contributed by atoms with van der Waals surface area (Å²) in [5.74, 6) is 1.09. The molecule has 7 heteroatoms. The van der Waals surface area contributed by atoms with Crippen LogP contribution in [0, 0.1) is 19.7 Å². The van der Waals surface area contributed by atoms with Gasteiger partial charge in [0.1, 0.15) is 17.3 Å². The zero-order valence-corrected chi connectivity index (χ0v) is 16.7. The largest absolute Gasteiger partial charge is 0.466 e. The molecular formula is C21H22FN3O2S. The van der Waals surface area contributed by atoms with Gasteiger partial charge < -0.3 is 14.6 Å². The van der Waals surface area contributed by atoms with E-state index in [0.29, 0.717) is 11.3 Å². The molecule has 28 heavy (non-hydrogen) atoms. The molecule has 146 valence electrons. The van der Waals surface area contributed by atoms with Crippen LogP contribution < -0.4 is 10.2 Å². The quantitative estimate of drug-likeness (QED) is 0.699. The van der Waals surface area contributed by atoms with Crippen LogP contribution in [0.4, 0.5) is 9.52 Å². The highest BCUT2D eigenvalue weighted by Crippen LogP contribution is 2.29. The molecule has 1 saturated heterocycles. The smallest absolute Gasteiger partial charge is 0.255 e. The third-order valence-electron chi connectivity index (χ3n) is 5.02. The third kappa shape index (κ3) is 3.94. The van der Waals surface area contributed by atoms with E-state index in [-0.39, 0.29) is 17.8 Å². The van der Waals surface area contributed by atoms with Crippen molar-refractivity contribution in [3.63, 3.8) is 0 Å². The maximum atomic E-state index is 13.1. The molecule has 0 aliphatic carbocycles. The lowest BCUT2D eigenvalue weighted by Gasteiger charge is -2.32. The molecule has 0 saturated carbocycles. The minimum atomic E-state index is -0.246. The summed E-state index contributed by atoms with van der Waals surface area (Å²) in [5, 5.41) is 6.08. The molecule has 4 rings (SSSR count). The highest BCUT2D eigenvalue weighted by Gasteiger charge is 2.24. The van der Waals surface area contributed by atoms with Gasteiger partial charge in [-0.2, -0.15) is 0 Å². The van der Waals surface area contributed by atoms with Gasteiger partial charge in [-0.25, -0.2) is 9.37 Å². The van der Waals surface area contributed by atoms with E-state index in [1.54, 1.807) is 29.5 Å². The lowest BCUT2D eigenvalue weighted by molar-refractivity contribution is 0.0929. The number of hydrogen-bond donors (Lipinski definition) is 1. The molecule has 1 N–H and O–H groups in total. The summed E-state index contributed by atoms with van der Waals surface area (Å²) >= 11 is 1.59. The van der Waals surface area contributed by atoms with E-state index in [9.17, 15) is 9.18 Å². The first-order valence-electron chi connectivity index (χ1n) is 9.34. The van der Waals surface area contributed by atoms with Gasteiger partial charge in [0, 0.05) is 30.1 Å². The fourth-order valence-corrected chi connectivity index (χ4v) is 4.39. The lowest BCUT2D eigenvalue weighted by atomic mass is 10.0. The Morgan fingerprint density at radius 1 is 1.25 bits per heavy atom. The summed E-state index contributed by atoms with van der Waals surface area (Å²) in [6.07, 6.45) is 1.74. The van der Waals surface area contributed by atoms with Crippen LogP contribution in [0.25, 0.3) is 11.3 Å². The van der Waals surface area contributed by atoms with Gasteiger partial charge in [-0.3, -0.25) is 4.79 Å². The van der Waals surface area contributed by atoms with Crippen molar-refractivity contribution in [2.75, 3.05) is 18.0 Å². The number of aryl methyl sites for hydroxylation is 2. The number of hydrogen-bond acceptors (Lipinski definition) is 5. The molecule has 3 aromatic rings. The molecule has 1 fully saturated rings. The van der Waals surface area contributed by atoms with Crippen molar-refractivity contribution in [3.8, 4) is 11.3 Å². The summed E-state index contributed by atoms with van der Waals surface area (Å²) in [6.45, 7) is 5.33. The number of anilines is 1. The number of rotatable bonds is 4. The molecule has 0 spiro atoms. The standard InChI is InChI=1S/C21H22FN3O2S/c1-13-11-18(14(2)27-13)20(26)23-17-7-9-25(10-8-17)21-24-19(12-28-21)15-3-5-16(22)6-4-15/h3-6,11-12,17H,7-10H2,1-2H3,(H,23,26). The van der Waals surface area contributed by atoms with Crippen molar-refractivity contribution in [1.29, 1.82) is 0 Å². The molecule has 2 aromatic heterocycles. The van der Waals surface area contributed by atoms with Gasteiger partial charge in [0.2, 0.25) is 0 Å². The van der Waals surface area contributed by atoms with Crippen molar-refractivity contribution >= 4 is 22.4 Å². The second kappa shape index (κ2) is 7.75. The Balaban J connectivity index is 1.35. The average molecular weight is 399 g/mol. The van der Waals surface area contributed by atoms with Gasteiger partial charge in [-0.15, -0.1) is 11.3 Å².